The second-order valence-electron chi connectivity index (χ2n) is 6.22. The summed E-state index contributed by atoms with van der Waals surface area (Å²) in [5.74, 6) is 0.320. The number of H-pyrrole nitrogens is 2. The van der Waals surface area contributed by atoms with E-state index >= 15 is 0 Å². The summed E-state index contributed by atoms with van der Waals surface area (Å²) in [6.07, 6.45) is 1.44. The predicted molar refractivity (Wildman–Crippen MR) is 97.6 cm³/mol. The van der Waals surface area contributed by atoms with Crippen LogP contribution in [0, 0.1) is 5.92 Å². The first-order valence-electron chi connectivity index (χ1n) is 7.81. The van der Waals surface area contributed by atoms with E-state index in [0.29, 0.717) is 24.5 Å². The summed E-state index contributed by atoms with van der Waals surface area (Å²) < 4.78 is 27.0. The molecular formula is C15H21ClN4O4S. The molecule has 1 aliphatic heterocycles. The van der Waals surface area contributed by atoms with E-state index in [1.807, 2.05) is 6.92 Å². The first-order valence-corrected chi connectivity index (χ1v) is 9.25. The molecule has 10 heteroatoms. The fourth-order valence-corrected chi connectivity index (χ4v) is 4.59. The molecule has 1 aromatic heterocycles. The highest BCUT2D eigenvalue weighted by Crippen LogP contribution is 2.25. The molecule has 0 saturated carbocycles. The van der Waals surface area contributed by atoms with E-state index in [1.54, 1.807) is 0 Å². The van der Waals surface area contributed by atoms with Gasteiger partial charge in [-0.2, -0.15) is 4.31 Å². The first-order chi connectivity index (χ1) is 11.3. The van der Waals surface area contributed by atoms with Gasteiger partial charge < -0.3 is 10.7 Å². The number of aromatic amines is 2. The van der Waals surface area contributed by atoms with Crippen LogP contribution in [0.2, 0.25) is 0 Å². The summed E-state index contributed by atoms with van der Waals surface area (Å²) in [7, 11) is -3.68. The number of hydrogen-bond acceptors (Lipinski definition) is 5. The van der Waals surface area contributed by atoms with Crippen molar-refractivity contribution in [1.29, 1.82) is 0 Å². The number of benzene rings is 1. The van der Waals surface area contributed by atoms with Crippen LogP contribution in [0.5, 0.6) is 0 Å². The molecule has 1 fully saturated rings. The largest absolute Gasteiger partial charge is 0.328 e. The number of hydrogen-bond donors (Lipinski definition) is 3. The van der Waals surface area contributed by atoms with Crippen molar-refractivity contribution in [3.05, 3.63) is 39.0 Å². The van der Waals surface area contributed by atoms with Crippen molar-refractivity contribution >= 4 is 33.3 Å². The van der Waals surface area contributed by atoms with Gasteiger partial charge in [-0.1, -0.05) is 0 Å². The lowest BCUT2D eigenvalue weighted by atomic mass is 9.92. The van der Waals surface area contributed by atoms with Crippen molar-refractivity contribution < 1.29 is 8.42 Å². The summed E-state index contributed by atoms with van der Waals surface area (Å²) in [6.45, 7) is 2.76. The molecule has 1 saturated heterocycles. The highest BCUT2D eigenvalue weighted by Gasteiger charge is 2.30. The van der Waals surface area contributed by atoms with Gasteiger partial charge in [0.2, 0.25) is 10.0 Å². The first kappa shape index (κ1) is 19.6. The van der Waals surface area contributed by atoms with Gasteiger partial charge in [0.25, 0.3) is 5.56 Å². The highest BCUT2D eigenvalue weighted by atomic mass is 35.5. The van der Waals surface area contributed by atoms with Gasteiger partial charge in [-0.15, -0.1) is 12.4 Å². The van der Waals surface area contributed by atoms with E-state index in [-0.39, 0.29) is 28.7 Å². The molecule has 1 aromatic carbocycles. The van der Waals surface area contributed by atoms with Crippen LogP contribution >= 0.6 is 12.4 Å². The van der Waals surface area contributed by atoms with E-state index in [4.69, 9.17) is 5.73 Å². The molecule has 0 aliphatic carbocycles. The standard InChI is InChI=1S/C15H20N4O4S.ClH/c1-9(16)10-4-6-19(7-5-10)24(22,23)11-2-3-13-12(8-11)14(20)18-15(21)17-13;/h2-3,8-10H,4-7,16H2,1H3,(H2,17,18,20,21);1H. The summed E-state index contributed by atoms with van der Waals surface area (Å²) >= 11 is 0. The summed E-state index contributed by atoms with van der Waals surface area (Å²) in [5.41, 5.74) is 4.96. The van der Waals surface area contributed by atoms with Gasteiger partial charge in [0, 0.05) is 19.1 Å². The summed E-state index contributed by atoms with van der Waals surface area (Å²) in [4.78, 5) is 27.8. The Labute approximate surface area is 150 Å². The third-order valence-electron chi connectivity index (χ3n) is 4.59. The van der Waals surface area contributed by atoms with Crippen LogP contribution in [0.3, 0.4) is 0 Å². The van der Waals surface area contributed by atoms with Crippen LogP contribution < -0.4 is 17.0 Å². The Balaban J connectivity index is 0.00000225. The molecule has 138 valence electrons. The number of sulfonamides is 1. The molecule has 2 heterocycles. The number of nitrogens with two attached hydrogens (primary N) is 1. The molecule has 0 radical (unpaired) electrons. The topological polar surface area (TPSA) is 129 Å². The number of fused-ring (bicyclic) bond motifs is 1. The zero-order chi connectivity index (χ0) is 17.5. The molecule has 0 amide bonds. The Morgan fingerprint density at radius 3 is 2.44 bits per heavy atom. The third-order valence-corrected chi connectivity index (χ3v) is 6.49. The molecule has 0 bridgehead atoms. The second kappa shape index (κ2) is 7.28. The maximum Gasteiger partial charge on any atom is 0.326 e. The average Bonchev–Trinajstić information content (AvgIpc) is 2.54. The number of nitrogens with one attached hydrogen (secondary N) is 2. The minimum absolute atomic E-state index is 0. The lowest BCUT2D eigenvalue weighted by Gasteiger charge is -2.32. The van der Waals surface area contributed by atoms with E-state index in [9.17, 15) is 18.0 Å². The van der Waals surface area contributed by atoms with Gasteiger partial charge in [-0.25, -0.2) is 13.2 Å². The van der Waals surface area contributed by atoms with Crippen LogP contribution in [0.25, 0.3) is 10.9 Å². The Hall–Kier alpha value is -1.68. The van der Waals surface area contributed by atoms with E-state index < -0.39 is 21.3 Å². The Kier molecular flexibility index (Phi) is 5.72. The third kappa shape index (κ3) is 3.79. The van der Waals surface area contributed by atoms with Crippen molar-refractivity contribution in [3.63, 3.8) is 0 Å². The Morgan fingerprint density at radius 2 is 1.84 bits per heavy atom. The van der Waals surface area contributed by atoms with Gasteiger partial charge in [-0.3, -0.25) is 9.78 Å². The van der Waals surface area contributed by atoms with Crippen molar-refractivity contribution in [2.45, 2.75) is 30.7 Å². The van der Waals surface area contributed by atoms with Gasteiger partial charge in [-0.05, 0) is 43.9 Å². The van der Waals surface area contributed by atoms with Gasteiger partial charge in [0.15, 0.2) is 0 Å². The number of aromatic nitrogens is 2. The number of rotatable bonds is 3. The SMILES string of the molecule is CC(N)C1CCN(S(=O)(=O)c2ccc3[nH]c(=O)[nH]c(=O)c3c2)CC1.Cl. The van der Waals surface area contributed by atoms with E-state index in [0.717, 1.165) is 12.8 Å². The number of nitrogens with zero attached hydrogens (tertiary/aromatic N) is 1. The number of piperidine rings is 1. The van der Waals surface area contributed by atoms with Crippen LogP contribution in [-0.2, 0) is 10.0 Å². The Bertz CT molecular complexity index is 975. The minimum Gasteiger partial charge on any atom is -0.328 e. The van der Waals surface area contributed by atoms with Crippen molar-refractivity contribution in [2.24, 2.45) is 11.7 Å². The second-order valence-corrected chi connectivity index (χ2v) is 8.15. The molecule has 25 heavy (non-hydrogen) atoms. The van der Waals surface area contributed by atoms with E-state index in [2.05, 4.69) is 9.97 Å². The fraction of sp³-hybridized carbons (Fsp3) is 0.467. The van der Waals surface area contributed by atoms with Crippen LogP contribution in [-0.4, -0.2) is 41.8 Å². The molecule has 1 aliphatic rings. The smallest absolute Gasteiger partial charge is 0.326 e. The molecular weight excluding hydrogens is 368 g/mol. The molecule has 4 N–H and O–H groups in total. The zero-order valence-corrected chi connectivity index (χ0v) is 15.3. The molecule has 3 rings (SSSR count). The van der Waals surface area contributed by atoms with Crippen molar-refractivity contribution in [3.8, 4) is 0 Å². The van der Waals surface area contributed by atoms with E-state index in [1.165, 1.54) is 22.5 Å². The highest BCUT2D eigenvalue weighted by molar-refractivity contribution is 7.89. The normalized spacial score (nSPS) is 18.0. The van der Waals surface area contributed by atoms with Gasteiger partial charge >= 0.3 is 5.69 Å². The molecule has 1 atom stereocenters. The molecule has 8 nitrogen and oxygen atoms in total. The molecule has 2 aromatic rings. The lowest BCUT2D eigenvalue weighted by Crippen LogP contribution is -2.42. The monoisotopic (exact) mass is 388 g/mol. The van der Waals surface area contributed by atoms with Crippen LogP contribution in [0.1, 0.15) is 19.8 Å². The Morgan fingerprint density at radius 1 is 1.20 bits per heavy atom. The van der Waals surface area contributed by atoms with Gasteiger partial charge in [0.05, 0.1) is 15.8 Å². The lowest BCUT2D eigenvalue weighted by molar-refractivity contribution is 0.251. The van der Waals surface area contributed by atoms with Crippen LogP contribution in [0.15, 0.2) is 32.7 Å². The average molecular weight is 389 g/mol. The van der Waals surface area contributed by atoms with Crippen LogP contribution in [0.4, 0.5) is 0 Å². The summed E-state index contributed by atoms with van der Waals surface area (Å²) in [6, 6.07) is 4.20. The predicted octanol–water partition coefficient (Wildman–Crippen LogP) is 0.386. The number of halogens is 1. The zero-order valence-electron chi connectivity index (χ0n) is 13.7. The quantitative estimate of drug-likeness (QED) is 0.700. The summed E-state index contributed by atoms with van der Waals surface area (Å²) in [5, 5.41) is 0.140. The van der Waals surface area contributed by atoms with Crippen molar-refractivity contribution in [2.75, 3.05) is 13.1 Å². The van der Waals surface area contributed by atoms with Gasteiger partial charge in [0.1, 0.15) is 0 Å². The maximum atomic E-state index is 12.8. The molecule has 0 spiro atoms. The minimum atomic E-state index is -3.68. The van der Waals surface area contributed by atoms with Crippen molar-refractivity contribution in [1.82, 2.24) is 14.3 Å². The maximum absolute atomic E-state index is 12.8. The fourth-order valence-electron chi connectivity index (χ4n) is 3.10. The molecule has 1 unspecified atom stereocenters.